The Bertz CT molecular complexity index is 742. The third-order valence-corrected chi connectivity index (χ3v) is 3.90. The molecule has 27 heavy (non-hydrogen) atoms. The fraction of sp³-hybridized carbons (Fsp3) is 0.400. The van der Waals surface area contributed by atoms with Crippen LogP contribution in [0.2, 0.25) is 0 Å². The summed E-state index contributed by atoms with van der Waals surface area (Å²) in [5.41, 5.74) is -2.41. The lowest BCUT2D eigenvalue weighted by Gasteiger charge is -2.31. The van der Waals surface area contributed by atoms with Crippen LogP contribution in [0.3, 0.4) is 0 Å². The zero-order valence-electron chi connectivity index (χ0n) is 15.9. The lowest BCUT2D eigenvalue weighted by molar-refractivity contribution is -0.162. The first kappa shape index (κ1) is 21.9. The highest BCUT2D eigenvalue weighted by molar-refractivity contribution is 6.12. The van der Waals surface area contributed by atoms with E-state index in [-0.39, 0.29) is 31.0 Å². The second-order valence-electron chi connectivity index (χ2n) is 5.39. The molecule has 0 N–H and O–H groups in total. The number of benzene rings is 1. The second kappa shape index (κ2) is 10.1. The van der Waals surface area contributed by atoms with Gasteiger partial charge in [-0.1, -0.05) is 30.3 Å². The SMILES string of the molecule is CCOC(=O)C(C#N)=C(C)C(C(=O)OCC)(C(=O)OCC)c1ccccc1. The first-order valence-corrected chi connectivity index (χ1v) is 8.60. The Morgan fingerprint density at radius 3 is 1.81 bits per heavy atom. The van der Waals surface area contributed by atoms with Gasteiger partial charge in [0.15, 0.2) is 0 Å². The van der Waals surface area contributed by atoms with E-state index in [4.69, 9.17) is 14.2 Å². The van der Waals surface area contributed by atoms with Crippen molar-refractivity contribution in [3.8, 4) is 6.07 Å². The Labute approximate surface area is 158 Å². The average Bonchev–Trinajstić information content (AvgIpc) is 2.64. The van der Waals surface area contributed by atoms with Crippen molar-refractivity contribution < 1.29 is 28.6 Å². The van der Waals surface area contributed by atoms with Gasteiger partial charge in [0, 0.05) is 0 Å². The van der Waals surface area contributed by atoms with Crippen molar-refractivity contribution in [3.63, 3.8) is 0 Å². The Morgan fingerprint density at radius 1 is 0.926 bits per heavy atom. The van der Waals surface area contributed by atoms with Crippen molar-refractivity contribution in [1.82, 2.24) is 0 Å². The van der Waals surface area contributed by atoms with Crippen LogP contribution in [-0.4, -0.2) is 37.7 Å². The Kier molecular flexibility index (Phi) is 8.21. The number of carbonyl (C=O) groups is 3. The van der Waals surface area contributed by atoms with Gasteiger partial charge in [-0.2, -0.15) is 5.26 Å². The van der Waals surface area contributed by atoms with Gasteiger partial charge in [-0.25, -0.2) is 4.79 Å². The molecule has 0 aromatic heterocycles. The third-order valence-electron chi connectivity index (χ3n) is 3.90. The predicted octanol–water partition coefficient (Wildman–Crippen LogP) is 2.45. The molecule has 0 amide bonds. The highest BCUT2D eigenvalue weighted by Crippen LogP contribution is 2.37. The highest BCUT2D eigenvalue weighted by Gasteiger charge is 2.54. The fourth-order valence-corrected chi connectivity index (χ4v) is 2.68. The fourth-order valence-electron chi connectivity index (χ4n) is 2.68. The highest BCUT2D eigenvalue weighted by atomic mass is 16.6. The van der Waals surface area contributed by atoms with Crippen LogP contribution in [0.4, 0.5) is 0 Å². The smallest absolute Gasteiger partial charge is 0.348 e. The van der Waals surface area contributed by atoms with Crippen molar-refractivity contribution in [1.29, 1.82) is 5.26 Å². The lowest BCUT2D eigenvalue weighted by Crippen LogP contribution is -2.48. The molecule has 7 heteroatoms. The third kappa shape index (κ3) is 4.34. The van der Waals surface area contributed by atoms with Gasteiger partial charge in [-0.15, -0.1) is 0 Å². The van der Waals surface area contributed by atoms with Gasteiger partial charge in [0.05, 0.1) is 19.8 Å². The molecule has 0 unspecified atom stereocenters. The monoisotopic (exact) mass is 373 g/mol. The maximum absolute atomic E-state index is 13.0. The van der Waals surface area contributed by atoms with Gasteiger partial charge in [-0.3, -0.25) is 9.59 Å². The van der Waals surface area contributed by atoms with Gasteiger partial charge in [-0.05, 0) is 38.8 Å². The van der Waals surface area contributed by atoms with Gasteiger partial charge >= 0.3 is 17.9 Å². The molecule has 0 atom stereocenters. The summed E-state index contributed by atoms with van der Waals surface area (Å²) in [7, 11) is 0. The van der Waals surface area contributed by atoms with E-state index in [0.29, 0.717) is 0 Å². The number of ether oxygens (including phenoxy) is 3. The van der Waals surface area contributed by atoms with Crippen LogP contribution in [0.1, 0.15) is 33.3 Å². The number of nitrogens with zero attached hydrogens (tertiary/aromatic N) is 1. The quantitative estimate of drug-likeness (QED) is 0.227. The largest absolute Gasteiger partial charge is 0.465 e. The van der Waals surface area contributed by atoms with Gasteiger partial charge < -0.3 is 14.2 Å². The standard InChI is InChI=1S/C20H23NO6/c1-5-25-17(22)16(13-21)14(4)20(18(23)26-6-2,19(24)27-7-3)15-11-9-8-10-12-15/h8-12H,5-7H2,1-4H3. The lowest BCUT2D eigenvalue weighted by atomic mass is 9.72. The topological polar surface area (TPSA) is 103 Å². The molecule has 1 aromatic carbocycles. The summed E-state index contributed by atoms with van der Waals surface area (Å²) < 4.78 is 15.2. The summed E-state index contributed by atoms with van der Waals surface area (Å²) in [6.45, 7) is 6.17. The Hall–Kier alpha value is -3.14. The van der Waals surface area contributed by atoms with E-state index in [1.54, 1.807) is 45.0 Å². The number of carbonyl (C=O) groups excluding carboxylic acids is 3. The molecule has 0 aliphatic heterocycles. The molecule has 144 valence electrons. The predicted molar refractivity (Wildman–Crippen MR) is 96.3 cm³/mol. The minimum Gasteiger partial charge on any atom is -0.465 e. The van der Waals surface area contributed by atoms with Crippen molar-refractivity contribution in [3.05, 3.63) is 47.0 Å². The molecule has 1 aromatic rings. The normalized spacial score (nSPS) is 11.7. The van der Waals surface area contributed by atoms with Gasteiger partial charge in [0.2, 0.25) is 5.41 Å². The van der Waals surface area contributed by atoms with Gasteiger partial charge in [0.25, 0.3) is 0 Å². The first-order valence-electron chi connectivity index (χ1n) is 8.60. The van der Waals surface area contributed by atoms with Crippen LogP contribution >= 0.6 is 0 Å². The minimum absolute atomic E-state index is 0.00138. The molecule has 0 aliphatic carbocycles. The molecule has 7 nitrogen and oxygen atoms in total. The molecule has 0 aliphatic rings. The molecule has 0 spiro atoms. The molecule has 0 saturated heterocycles. The van der Waals surface area contributed by atoms with E-state index < -0.39 is 28.9 Å². The summed E-state index contributed by atoms with van der Waals surface area (Å²) in [5.74, 6) is -2.78. The first-order chi connectivity index (χ1) is 12.9. The summed E-state index contributed by atoms with van der Waals surface area (Å²) in [6.07, 6.45) is 0. The summed E-state index contributed by atoms with van der Waals surface area (Å²) in [6, 6.07) is 9.79. The zero-order chi connectivity index (χ0) is 20.4. The van der Waals surface area contributed by atoms with Crippen molar-refractivity contribution in [2.75, 3.05) is 19.8 Å². The summed E-state index contributed by atoms with van der Waals surface area (Å²) in [5, 5.41) is 9.51. The number of rotatable bonds is 8. The molecule has 0 saturated carbocycles. The molecule has 0 radical (unpaired) electrons. The van der Waals surface area contributed by atoms with E-state index in [2.05, 4.69) is 0 Å². The molecule has 0 heterocycles. The second-order valence-corrected chi connectivity index (χ2v) is 5.39. The van der Waals surface area contributed by atoms with Gasteiger partial charge in [0.1, 0.15) is 11.6 Å². The van der Waals surface area contributed by atoms with Crippen molar-refractivity contribution >= 4 is 17.9 Å². The van der Waals surface area contributed by atoms with E-state index in [9.17, 15) is 19.6 Å². The molecule has 0 bridgehead atoms. The maximum Gasteiger partial charge on any atom is 0.348 e. The van der Waals surface area contributed by atoms with E-state index in [0.717, 1.165) is 0 Å². The zero-order valence-corrected chi connectivity index (χ0v) is 15.9. The van der Waals surface area contributed by atoms with E-state index in [1.807, 2.05) is 0 Å². The average molecular weight is 373 g/mol. The molecule has 0 fully saturated rings. The summed E-state index contributed by atoms with van der Waals surface area (Å²) >= 11 is 0. The molecular weight excluding hydrogens is 350 g/mol. The van der Waals surface area contributed by atoms with Crippen LogP contribution in [0.5, 0.6) is 0 Å². The minimum atomic E-state index is -2.09. The van der Waals surface area contributed by atoms with Crippen LogP contribution in [0.15, 0.2) is 41.5 Å². The van der Waals surface area contributed by atoms with E-state index in [1.165, 1.54) is 19.1 Å². The van der Waals surface area contributed by atoms with Crippen molar-refractivity contribution in [2.24, 2.45) is 0 Å². The van der Waals surface area contributed by atoms with E-state index >= 15 is 0 Å². The Morgan fingerprint density at radius 2 is 1.41 bits per heavy atom. The van der Waals surface area contributed by atoms with Crippen LogP contribution in [0.25, 0.3) is 0 Å². The Balaban J connectivity index is 3.89. The summed E-state index contributed by atoms with van der Waals surface area (Å²) in [4.78, 5) is 38.3. The number of esters is 3. The van der Waals surface area contributed by atoms with Crippen LogP contribution in [-0.2, 0) is 34.0 Å². The van der Waals surface area contributed by atoms with Crippen LogP contribution in [0, 0.1) is 11.3 Å². The maximum atomic E-state index is 13.0. The van der Waals surface area contributed by atoms with Crippen LogP contribution < -0.4 is 0 Å². The number of hydrogen-bond donors (Lipinski definition) is 0. The number of hydrogen-bond acceptors (Lipinski definition) is 7. The number of nitriles is 1. The molecule has 1 rings (SSSR count). The van der Waals surface area contributed by atoms with Crippen molar-refractivity contribution in [2.45, 2.75) is 33.1 Å². The molecular formula is C20H23NO6.